The van der Waals surface area contributed by atoms with Crippen LogP contribution in [0.15, 0.2) is 48.5 Å². The van der Waals surface area contributed by atoms with E-state index in [1.165, 1.54) is 23.1 Å². The molecule has 29 heavy (non-hydrogen) atoms. The van der Waals surface area contributed by atoms with E-state index in [0.29, 0.717) is 18.7 Å². The largest absolute Gasteiger partial charge is 0.345 e. The normalized spacial score (nSPS) is 10.3. The summed E-state index contributed by atoms with van der Waals surface area (Å²) in [4.78, 5) is 38.3. The van der Waals surface area contributed by atoms with Gasteiger partial charge in [0.2, 0.25) is 11.8 Å². The van der Waals surface area contributed by atoms with Crippen molar-refractivity contribution in [2.45, 2.75) is 26.7 Å². The summed E-state index contributed by atoms with van der Waals surface area (Å²) >= 11 is 0. The van der Waals surface area contributed by atoms with Crippen LogP contribution in [0.5, 0.6) is 0 Å². The zero-order chi connectivity index (χ0) is 21.2. The second kappa shape index (κ2) is 10.9. The fourth-order valence-electron chi connectivity index (χ4n) is 2.66. The summed E-state index contributed by atoms with van der Waals surface area (Å²) < 4.78 is 13.4. The number of carbonyl (C=O) groups is 3. The molecule has 0 bridgehead atoms. The van der Waals surface area contributed by atoms with Crippen LogP contribution in [0.3, 0.4) is 0 Å². The Hall–Kier alpha value is -3.22. The molecule has 0 radical (unpaired) electrons. The van der Waals surface area contributed by atoms with Gasteiger partial charge in [-0.05, 0) is 43.7 Å². The van der Waals surface area contributed by atoms with E-state index in [2.05, 4.69) is 10.6 Å². The van der Waals surface area contributed by atoms with Crippen molar-refractivity contribution in [2.24, 2.45) is 0 Å². The molecule has 2 N–H and O–H groups in total. The fourth-order valence-corrected chi connectivity index (χ4v) is 2.66. The zero-order valence-electron chi connectivity index (χ0n) is 16.7. The summed E-state index contributed by atoms with van der Waals surface area (Å²) in [6, 6.07) is 12.7. The van der Waals surface area contributed by atoms with Gasteiger partial charge >= 0.3 is 0 Å². The molecular weight excluding hydrogens is 373 g/mol. The monoisotopic (exact) mass is 399 g/mol. The molecule has 3 amide bonds. The Balaban J connectivity index is 1.90. The average Bonchev–Trinajstić information content (AvgIpc) is 2.70. The van der Waals surface area contributed by atoms with Gasteiger partial charge < -0.3 is 15.5 Å². The van der Waals surface area contributed by atoms with E-state index in [0.717, 1.165) is 18.1 Å². The molecule has 0 saturated carbocycles. The highest BCUT2D eigenvalue weighted by Gasteiger charge is 2.19. The third-order valence-electron chi connectivity index (χ3n) is 4.26. The van der Waals surface area contributed by atoms with Crippen LogP contribution in [0, 0.1) is 12.7 Å². The van der Waals surface area contributed by atoms with Gasteiger partial charge in [-0.25, -0.2) is 4.39 Å². The minimum absolute atomic E-state index is 0.186. The quantitative estimate of drug-likeness (QED) is 0.680. The molecule has 0 saturated heterocycles. The van der Waals surface area contributed by atoms with Gasteiger partial charge in [0.15, 0.2) is 0 Å². The molecule has 154 valence electrons. The molecule has 0 aliphatic heterocycles. The van der Waals surface area contributed by atoms with E-state index in [-0.39, 0.29) is 24.6 Å². The molecule has 0 fully saturated rings. The number of nitrogens with zero attached hydrogens (tertiary/aromatic N) is 1. The molecule has 2 aromatic rings. The highest BCUT2D eigenvalue weighted by Crippen LogP contribution is 2.09. The molecule has 2 rings (SSSR count). The number of halogens is 1. The van der Waals surface area contributed by atoms with Crippen molar-refractivity contribution in [1.82, 2.24) is 10.2 Å². The molecule has 0 aliphatic carbocycles. The Morgan fingerprint density at radius 2 is 1.76 bits per heavy atom. The van der Waals surface area contributed by atoms with Crippen LogP contribution in [0.1, 0.15) is 35.7 Å². The van der Waals surface area contributed by atoms with Crippen molar-refractivity contribution in [1.29, 1.82) is 0 Å². The van der Waals surface area contributed by atoms with Crippen LogP contribution >= 0.6 is 0 Å². The lowest BCUT2D eigenvalue weighted by Gasteiger charge is -2.22. The number of nitrogens with one attached hydrogen (secondary N) is 2. The Bertz CT molecular complexity index is 853. The molecule has 0 aromatic heterocycles. The van der Waals surface area contributed by atoms with Crippen LogP contribution in [-0.2, 0) is 9.59 Å². The third kappa shape index (κ3) is 7.37. The molecule has 0 spiro atoms. The average molecular weight is 399 g/mol. The van der Waals surface area contributed by atoms with Crippen molar-refractivity contribution in [3.8, 4) is 0 Å². The molecule has 6 nitrogen and oxygen atoms in total. The van der Waals surface area contributed by atoms with Gasteiger partial charge in [-0.15, -0.1) is 0 Å². The number of carbonyl (C=O) groups excluding carboxylic acids is 3. The SMILES string of the molecule is CCCCN(CC(=O)NCC(=O)Nc1ccc(C)cc1)C(=O)c1cccc(F)c1. The van der Waals surface area contributed by atoms with Crippen molar-refractivity contribution in [2.75, 3.05) is 25.0 Å². The number of anilines is 1. The molecular formula is C22H26FN3O3. The van der Waals surface area contributed by atoms with Crippen LogP contribution in [0.4, 0.5) is 10.1 Å². The number of unbranched alkanes of at least 4 members (excludes halogenated alkanes) is 1. The van der Waals surface area contributed by atoms with E-state index in [1.807, 2.05) is 26.0 Å². The predicted octanol–water partition coefficient (Wildman–Crippen LogP) is 3.13. The standard InChI is InChI=1S/C22H26FN3O3/c1-3-4-12-26(22(29)17-6-5-7-18(23)13-17)15-21(28)24-14-20(27)25-19-10-8-16(2)9-11-19/h5-11,13H,3-4,12,14-15H2,1-2H3,(H,24,28)(H,25,27). The fraction of sp³-hybridized carbons (Fsp3) is 0.318. The maximum atomic E-state index is 13.4. The first-order valence-corrected chi connectivity index (χ1v) is 9.57. The smallest absolute Gasteiger partial charge is 0.254 e. The van der Waals surface area contributed by atoms with E-state index in [1.54, 1.807) is 12.1 Å². The maximum absolute atomic E-state index is 13.4. The maximum Gasteiger partial charge on any atom is 0.254 e. The van der Waals surface area contributed by atoms with E-state index >= 15 is 0 Å². The molecule has 2 aromatic carbocycles. The summed E-state index contributed by atoms with van der Waals surface area (Å²) in [5, 5.41) is 5.21. The first kappa shape index (κ1) is 22.1. The van der Waals surface area contributed by atoms with Gasteiger partial charge in [0.05, 0.1) is 13.1 Å². The molecule has 0 atom stereocenters. The second-order valence-corrected chi connectivity index (χ2v) is 6.78. The Kier molecular flexibility index (Phi) is 8.33. The van der Waals surface area contributed by atoms with E-state index in [4.69, 9.17) is 0 Å². The summed E-state index contributed by atoms with van der Waals surface area (Å²) in [6.07, 6.45) is 1.55. The van der Waals surface area contributed by atoms with Gasteiger partial charge in [0.1, 0.15) is 5.82 Å². The minimum atomic E-state index is -0.511. The van der Waals surface area contributed by atoms with Crippen LogP contribution in [0.2, 0.25) is 0 Å². The lowest BCUT2D eigenvalue weighted by molar-refractivity contribution is -0.124. The minimum Gasteiger partial charge on any atom is -0.345 e. The molecule has 0 aliphatic rings. The van der Waals surface area contributed by atoms with Gasteiger partial charge in [-0.3, -0.25) is 14.4 Å². The highest BCUT2D eigenvalue weighted by atomic mass is 19.1. The van der Waals surface area contributed by atoms with Gasteiger partial charge in [0, 0.05) is 17.8 Å². The molecule has 0 unspecified atom stereocenters. The summed E-state index contributed by atoms with van der Waals surface area (Å²) in [6.45, 7) is 3.88. The first-order valence-electron chi connectivity index (χ1n) is 9.57. The van der Waals surface area contributed by atoms with Crippen LogP contribution in [-0.4, -0.2) is 42.3 Å². The van der Waals surface area contributed by atoms with E-state index in [9.17, 15) is 18.8 Å². The Labute approximate surface area is 170 Å². The van der Waals surface area contributed by atoms with Crippen molar-refractivity contribution in [3.05, 3.63) is 65.5 Å². The molecule has 0 heterocycles. The van der Waals surface area contributed by atoms with Gasteiger partial charge in [0.25, 0.3) is 5.91 Å². The summed E-state index contributed by atoms with van der Waals surface area (Å²) in [5.41, 5.74) is 1.90. The summed E-state index contributed by atoms with van der Waals surface area (Å²) in [5.74, 6) is -1.75. The van der Waals surface area contributed by atoms with E-state index < -0.39 is 17.6 Å². The third-order valence-corrected chi connectivity index (χ3v) is 4.26. The Morgan fingerprint density at radius 1 is 1.03 bits per heavy atom. The first-order chi connectivity index (χ1) is 13.9. The van der Waals surface area contributed by atoms with Crippen molar-refractivity contribution >= 4 is 23.4 Å². The van der Waals surface area contributed by atoms with Crippen LogP contribution < -0.4 is 10.6 Å². The number of amides is 3. The van der Waals surface area contributed by atoms with Crippen molar-refractivity contribution in [3.63, 3.8) is 0 Å². The van der Waals surface area contributed by atoms with Crippen molar-refractivity contribution < 1.29 is 18.8 Å². The number of benzene rings is 2. The van der Waals surface area contributed by atoms with Gasteiger partial charge in [-0.1, -0.05) is 37.1 Å². The topological polar surface area (TPSA) is 78.5 Å². The number of hydrogen-bond donors (Lipinski definition) is 2. The molecule has 7 heteroatoms. The summed E-state index contributed by atoms with van der Waals surface area (Å²) in [7, 11) is 0. The number of hydrogen-bond acceptors (Lipinski definition) is 3. The van der Waals surface area contributed by atoms with Gasteiger partial charge in [-0.2, -0.15) is 0 Å². The Morgan fingerprint density at radius 3 is 2.41 bits per heavy atom. The zero-order valence-corrected chi connectivity index (χ0v) is 16.7. The number of rotatable bonds is 9. The second-order valence-electron chi connectivity index (χ2n) is 6.78. The highest BCUT2D eigenvalue weighted by molar-refractivity contribution is 5.98. The predicted molar refractivity (Wildman–Crippen MR) is 110 cm³/mol. The lowest BCUT2D eigenvalue weighted by atomic mass is 10.2. The van der Waals surface area contributed by atoms with Crippen LogP contribution in [0.25, 0.3) is 0 Å². The number of aryl methyl sites for hydroxylation is 1. The lowest BCUT2D eigenvalue weighted by Crippen LogP contribution is -2.43.